The Balaban J connectivity index is 1.78. The molecule has 3 rings (SSSR count). The third-order valence-electron chi connectivity index (χ3n) is 6.63. The molecule has 0 spiro atoms. The van der Waals surface area contributed by atoms with Crippen LogP contribution >= 0.6 is 0 Å². The van der Waals surface area contributed by atoms with Crippen molar-refractivity contribution in [3.8, 4) is 5.75 Å². The molecule has 1 aliphatic rings. The zero-order chi connectivity index (χ0) is 22.1. The lowest BCUT2D eigenvalue weighted by molar-refractivity contribution is 0.112. The Kier molecular flexibility index (Phi) is 6.26. The Morgan fingerprint density at radius 1 is 1.33 bits per heavy atom. The molecule has 0 bridgehead atoms. The van der Waals surface area contributed by atoms with E-state index < -0.39 is 14.4 Å². The second-order valence-electron chi connectivity index (χ2n) is 9.75. The van der Waals surface area contributed by atoms with Gasteiger partial charge in [-0.05, 0) is 61.9 Å². The lowest BCUT2D eigenvalue weighted by Crippen LogP contribution is -2.43. The highest BCUT2D eigenvalue weighted by atomic mass is 28.4. The number of nitrogens with zero attached hydrogens (tertiary/aromatic N) is 2. The molecule has 2 heterocycles. The molecule has 1 fully saturated rings. The molecule has 0 unspecified atom stereocenters. The summed E-state index contributed by atoms with van der Waals surface area (Å²) in [5.74, 6) is 1.15. The van der Waals surface area contributed by atoms with Crippen molar-refractivity contribution in [2.45, 2.75) is 64.6 Å². The van der Waals surface area contributed by atoms with Crippen LogP contribution in [0.3, 0.4) is 0 Å². The molecule has 164 valence electrons. The molecule has 7 nitrogen and oxygen atoms in total. The summed E-state index contributed by atoms with van der Waals surface area (Å²) in [6.45, 7) is 12.1. The highest BCUT2D eigenvalue weighted by Gasteiger charge is 2.39. The van der Waals surface area contributed by atoms with Gasteiger partial charge in [-0.25, -0.2) is 4.79 Å². The molecule has 1 N–H and O–H groups in total. The number of likely N-dealkylation sites (tertiary alicyclic amines) is 1. The third-order valence-corrected chi connectivity index (χ3v) is 11.0. The smallest absolute Gasteiger partial charge is 0.407 e. The van der Waals surface area contributed by atoms with Gasteiger partial charge in [0.2, 0.25) is 8.32 Å². The summed E-state index contributed by atoms with van der Waals surface area (Å²) in [5, 5.41) is 14.2. The van der Waals surface area contributed by atoms with Crippen LogP contribution in [0.1, 0.15) is 56.1 Å². The Labute approximate surface area is 178 Å². The van der Waals surface area contributed by atoms with Crippen molar-refractivity contribution >= 4 is 31.7 Å². The van der Waals surface area contributed by atoms with Gasteiger partial charge in [0, 0.05) is 18.5 Å². The van der Waals surface area contributed by atoms with Gasteiger partial charge in [0.15, 0.2) is 11.9 Å². The molecular weight excluding hydrogens is 400 g/mol. The van der Waals surface area contributed by atoms with Gasteiger partial charge in [-0.1, -0.05) is 25.9 Å². The molecule has 0 radical (unpaired) electrons. The first kappa shape index (κ1) is 22.3. The average Bonchev–Trinajstić information content (AvgIpc) is 3.07. The largest absolute Gasteiger partial charge is 0.543 e. The van der Waals surface area contributed by atoms with E-state index in [1.165, 1.54) is 4.90 Å². The molecule has 1 amide bonds. The first-order valence-electron chi connectivity index (χ1n) is 10.6. The van der Waals surface area contributed by atoms with Crippen molar-refractivity contribution in [3.63, 3.8) is 0 Å². The number of aromatic nitrogens is 1. The van der Waals surface area contributed by atoms with Gasteiger partial charge in [-0.15, -0.1) is 0 Å². The fourth-order valence-electron chi connectivity index (χ4n) is 3.62. The van der Waals surface area contributed by atoms with Gasteiger partial charge in [0.1, 0.15) is 5.75 Å². The topological polar surface area (TPSA) is 92.9 Å². The molecule has 1 saturated heterocycles. The summed E-state index contributed by atoms with van der Waals surface area (Å²) >= 11 is 0. The van der Waals surface area contributed by atoms with Crippen molar-refractivity contribution in [2.24, 2.45) is 5.92 Å². The van der Waals surface area contributed by atoms with Gasteiger partial charge in [-0.2, -0.15) is 0 Å². The highest BCUT2D eigenvalue weighted by Crippen LogP contribution is 2.39. The number of aldehydes is 1. The van der Waals surface area contributed by atoms with Crippen molar-refractivity contribution in [3.05, 3.63) is 23.4 Å². The normalized spacial score (nSPS) is 16.1. The van der Waals surface area contributed by atoms with Crippen LogP contribution in [0, 0.1) is 5.92 Å². The van der Waals surface area contributed by atoms with Crippen molar-refractivity contribution in [1.82, 2.24) is 10.1 Å². The summed E-state index contributed by atoms with van der Waals surface area (Å²) in [5.41, 5.74) is 1.78. The number of carbonyl (C=O) groups is 2. The van der Waals surface area contributed by atoms with Crippen LogP contribution in [0.25, 0.3) is 11.0 Å². The number of aryl methyl sites for hydroxylation is 1. The molecule has 0 aliphatic carbocycles. The second kappa shape index (κ2) is 8.41. The van der Waals surface area contributed by atoms with Gasteiger partial charge in [-0.3, -0.25) is 4.79 Å². The first-order chi connectivity index (χ1) is 14.0. The standard InChI is InChI=1S/C22H32N2O5Si/c1-22(2,3)30(4,5)29-17-12-16(14-25)20-18(13-17)19(23-28-20)7-6-15-8-10-24(11-9-15)21(26)27/h12-15H,6-11H2,1-5H3,(H,26,27). The Morgan fingerprint density at radius 2 is 2.00 bits per heavy atom. The molecular formula is C22H32N2O5Si. The Hall–Kier alpha value is -2.35. The SMILES string of the molecule is CC(C)(C)[Si](C)(C)Oc1cc(C=O)c2onc(CCC3CCN(C(=O)O)CC3)c2c1. The molecule has 0 saturated carbocycles. The molecule has 0 atom stereocenters. The van der Waals surface area contributed by atoms with Crippen LogP contribution < -0.4 is 4.43 Å². The summed E-state index contributed by atoms with van der Waals surface area (Å²) < 4.78 is 11.9. The Morgan fingerprint density at radius 3 is 2.57 bits per heavy atom. The number of piperidine rings is 1. The molecule has 30 heavy (non-hydrogen) atoms. The number of hydrogen-bond acceptors (Lipinski definition) is 5. The zero-order valence-corrected chi connectivity index (χ0v) is 19.5. The van der Waals surface area contributed by atoms with Crippen LogP contribution in [0.4, 0.5) is 4.79 Å². The van der Waals surface area contributed by atoms with E-state index in [1.54, 1.807) is 6.07 Å². The first-order valence-corrected chi connectivity index (χ1v) is 13.5. The van der Waals surface area contributed by atoms with Crippen LogP contribution in [0.5, 0.6) is 5.75 Å². The number of fused-ring (bicyclic) bond motifs is 1. The van der Waals surface area contributed by atoms with E-state index in [9.17, 15) is 9.59 Å². The van der Waals surface area contributed by atoms with Crippen molar-refractivity contribution < 1.29 is 23.6 Å². The monoisotopic (exact) mass is 432 g/mol. The van der Waals surface area contributed by atoms with E-state index in [2.05, 4.69) is 39.0 Å². The van der Waals surface area contributed by atoms with Crippen LogP contribution in [0.15, 0.2) is 16.7 Å². The fraction of sp³-hybridized carbons (Fsp3) is 0.591. The van der Waals surface area contributed by atoms with Gasteiger partial charge in [0.25, 0.3) is 0 Å². The maximum atomic E-state index is 11.7. The molecule has 1 aliphatic heterocycles. The van der Waals surface area contributed by atoms with Crippen molar-refractivity contribution in [2.75, 3.05) is 13.1 Å². The van der Waals surface area contributed by atoms with Gasteiger partial charge in [0.05, 0.1) is 11.3 Å². The van der Waals surface area contributed by atoms with Crippen LogP contribution in [-0.2, 0) is 6.42 Å². The molecule has 1 aromatic carbocycles. The minimum atomic E-state index is -2.05. The summed E-state index contributed by atoms with van der Waals surface area (Å²) in [4.78, 5) is 24.2. The highest BCUT2D eigenvalue weighted by molar-refractivity contribution is 6.74. The Bertz CT molecular complexity index is 923. The van der Waals surface area contributed by atoms with Gasteiger partial charge < -0.3 is 19.0 Å². The second-order valence-corrected chi connectivity index (χ2v) is 14.5. The quantitative estimate of drug-likeness (QED) is 0.489. The van der Waals surface area contributed by atoms with Crippen LogP contribution in [-0.4, -0.2) is 48.9 Å². The predicted octanol–water partition coefficient (Wildman–Crippen LogP) is 5.35. The lowest BCUT2D eigenvalue weighted by Gasteiger charge is -2.36. The minimum Gasteiger partial charge on any atom is -0.543 e. The number of carboxylic acid groups (broad SMARTS) is 1. The number of benzene rings is 1. The molecule has 1 aromatic heterocycles. The number of hydrogen-bond donors (Lipinski definition) is 1. The number of amides is 1. The third kappa shape index (κ3) is 4.69. The van der Waals surface area contributed by atoms with E-state index in [1.807, 2.05) is 6.07 Å². The zero-order valence-electron chi connectivity index (χ0n) is 18.5. The maximum absolute atomic E-state index is 11.7. The maximum Gasteiger partial charge on any atom is 0.407 e. The van der Waals surface area contributed by atoms with Gasteiger partial charge >= 0.3 is 6.09 Å². The van der Waals surface area contributed by atoms with E-state index in [0.717, 1.165) is 43.0 Å². The number of carbonyl (C=O) groups excluding carboxylic acids is 1. The average molecular weight is 433 g/mol. The van der Waals surface area contributed by atoms with E-state index in [4.69, 9.17) is 14.1 Å². The molecule has 2 aromatic rings. The predicted molar refractivity (Wildman–Crippen MR) is 118 cm³/mol. The summed E-state index contributed by atoms with van der Waals surface area (Å²) in [6, 6.07) is 3.69. The summed E-state index contributed by atoms with van der Waals surface area (Å²) in [7, 11) is -2.05. The lowest BCUT2D eigenvalue weighted by atomic mass is 9.91. The van der Waals surface area contributed by atoms with E-state index in [0.29, 0.717) is 35.9 Å². The minimum absolute atomic E-state index is 0.0472. The van der Waals surface area contributed by atoms with E-state index in [-0.39, 0.29) is 5.04 Å². The van der Waals surface area contributed by atoms with E-state index >= 15 is 0 Å². The molecule has 8 heteroatoms. The van der Waals surface area contributed by atoms with Crippen molar-refractivity contribution in [1.29, 1.82) is 0 Å². The fourth-order valence-corrected chi connectivity index (χ4v) is 4.63. The number of rotatable bonds is 6. The summed E-state index contributed by atoms with van der Waals surface area (Å²) in [6.07, 6.45) is 3.32. The van der Waals surface area contributed by atoms with Crippen LogP contribution in [0.2, 0.25) is 18.1 Å².